The summed E-state index contributed by atoms with van der Waals surface area (Å²) in [7, 11) is 0. The number of nitrogens with zero attached hydrogens (tertiary/aromatic N) is 3. The van der Waals surface area contributed by atoms with E-state index in [1.807, 2.05) is 0 Å². The number of rotatable bonds is 4. The molecule has 25 heavy (non-hydrogen) atoms. The summed E-state index contributed by atoms with van der Waals surface area (Å²) >= 11 is 2.60. The van der Waals surface area contributed by atoms with Crippen LogP contribution in [0.3, 0.4) is 0 Å². The number of carbonyl (C=O) groups excluding carboxylic acids is 3. The molecular weight excluding hydrogens is 366 g/mol. The summed E-state index contributed by atoms with van der Waals surface area (Å²) in [6, 6.07) is 0. The minimum absolute atomic E-state index is 0.159. The summed E-state index contributed by atoms with van der Waals surface area (Å²) in [4.78, 5) is 37.5. The molecule has 2 aliphatic rings. The van der Waals surface area contributed by atoms with Crippen molar-refractivity contribution in [3.8, 4) is 0 Å². The molecule has 0 spiro atoms. The van der Waals surface area contributed by atoms with E-state index < -0.39 is 28.6 Å². The fourth-order valence-corrected chi connectivity index (χ4v) is 4.48. The zero-order valence-electron chi connectivity index (χ0n) is 14.2. The van der Waals surface area contributed by atoms with Gasteiger partial charge >= 0.3 is 5.97 Å². The van der Waals surface area contributed by atoms with Gasteiger partial charge in [-0.05, 0) is 26.3 Å². The summed E-state index contributed by atoms with van der Waals surface area (Å²) < 4.78 is 10.7. The Morgan fingerprint density at radius 2 is 2.12 bits per heavy atom. The van der Waals surface area contributed by atoms with Crippen LogP contribution in [0.4, 0.5) is 0 Å². The first kappa shape index (κ1) is 18.0. The third-order valence-electron chi connectivity index (χ3n) is 3.35. The third kappa shape index (κ3) is 3.59. The lowest BCUT2D eigenvalue weighted by molar-refractivity contribution is -0.161. The number of amides is 1. The minimum Gasteiger partial charge on any atom is -0.455 e. The fourth-order valence-electron chi connectivity index (χ4n) is 2.33. The minimum atomic E-state index is -0.704. The molecule has 1 aromatic rings. The van der Waals surface area contributed by atoms with Crippen LogP contribution in [0.5, 0.6) is 0 Å². The topological polar surface area (TPSA) is 103 Å². The molecule has 0 aromatic carbocycles. The van der Waals surface area contributed by atoms with Crippen molar-refractivity contribution >= 4 is 41.2 Å². The Kier molecular flexibility index (Phi) is 4.67. The SMILES string of the molecule is Cc1nnc(SCC2=C(C(=O)OC(C)(C)C)N3C(=O)C(=O)[C@@H]3SC2)o1. The quantitative estimate of drug-likeness (QED) is 0.331. The standard InChI is InChI=1S/C15H17N3O5S2/c1-7-16-17-14(22-7)25-6-8-5-24-12-10(19)11(20)18(12)9(8)13(21)23-15(2,3)4/h12H,5-6H2,1-4H3/t12-/m0/s1. The lowest BCUT2D eigenvalue weighted by Gasteiger charge is -2.43. The van der Waals surface area contributed by atoms with Crippen LogP contribution in [0.2, 0.25) is 0 Å². The number of hydrogen-bond donors (Lipinski definition) is 0. The van der Waals surface area contributed by atoms with Gasteiger partial charge in [0.05, 0.1) is 0 Å². The van der Waals surface area contributed by atoms with Crippen molar-refractivity contribution in [2.24, 2.45) is 0 Å². The predicted molar refractivity (Wildman–Crippen MR) is 90.7 cm³/mol. The Balaban J connectivity index is 1.87. The van der Waals surface area contributed by atoms with Gasteiger partial charge < -0.3 is 9.15 Å². The van der Waals surface area contributed by atoms with Crippen LogP contribution in [0.1, 0.15) is 26.7 Å². The van der Waals surface area contributed by atoms with Gasteiger partial charge in [0.2, 0.25) is 5.89 Å². The van der Waals surface area contributed by atoms with E-state index in [0.29, 0.717) is 28.2 Å². The summed E-state index contributed by atoms with van der Waals surface area (Å²) in [5.41, 5.74) is 0.161. The number of carbonyl (C=O) groups is 3. The van der Waals surface area contributed by atoms with E-state index in [1.165, 1.54) is 28.4 Å². The maximum atomic E-state index is 12.6. The van der Waals surface area contributed by atoms with Crippen molar-refractivity contribution in [2.75, 3.05) is 11.5 Å². The van der Waals surface area contributed by atoms with E-state index in [4.69, 9.17) is 9.15 Å². The Hall–Kier alpha value is -1.81. The van der Waals surface area contributed by atoms with Crippen LogP contribution in [0, 0.1) is 6.92 Å². The Labute approximate surface area is 152 Å². The number of thioether (sulfide) groups is 2. The highest BCUT2D eigenvalue weighted by Crippen LogP contribution is 2.40. The van der Waals surface area contributed by atoms with Gasteiger partial charge in [-0.3, -0.25) is 14.5 Å². The molecule has 1 aromatic heterocycles. The van der Waals surface area contributed by atoms with Gasteiger partial charge in [0.15, 0.2) is 5.37 Å². The Morgan fingerprint density at radius 1 is 1.40 bits per heavy atom. The van der Waals surface area contributed by atoms with Gasteiger partial charge in [0.1, 0.15) is 11.3 Å². The highest BCUT2D eigenvalue weighted by molar-refractivity contribution is 8.01. The number of fused-ring (bicyclic) bond motifs is 1. The molecule has 1 atom stereocenters. The lowest BCUT2D eigenvalue weighted by atomic mass is 10.1. The molecule has 0 radical (unpaired) electrons. The van der Waals surface area contributed by atoms with E-state index in [9.17, 15) is 14.4 Å². The second kappa shape index (κ2) is 6.49. The van der Waals surface area contributed by atoms with Gasteiger partial charge in [-0.2, -0.15) is 0 Å². The summed E-state index contributed by atoms with van der Waals surface area (Å²) in [6.45, 7) is 6.94. The van der Waals surface area contributed by atoms with Crippen molar-refractivity contribution in [3.63, 3.8) is 0 Å². The van der Waals surface area contributed by atoms with E-state index >= 15 is 0 Å². The van der Waals surface area contributed by atoms with Crippen LogP contribution in [-0.4, -0.2) is 55.2 Å². The van der Waals surface area contributed by atoms with Crippen LogP contribution >= 0.6 is 23.5 Å². The average molecular weight is 383 g/mol. The molecule has 1 saturated heterocycles. The van der Waals surface area contributed by atoms with Gasteiger partial charge in [-0.1, -0.05) is 11.8 Å². The number of esters is 1. The van der Waals surface area contributed by atoms with Gasteiger partial charge in [-0.25, -0.2) is 4.79 Å². The number of β-lactam (4-membered cyclic amide) rings is 1. The molecule has 0 unspecified atom stereocenters. The highest BCUT2D eigenvalue weighted by atomic mass is 32.2. The smallest absolute Gasteiger partial charge is 0.355 e. The predicted octanol–water partition coefficient (Wildman–Crippen LogP) is 1.55. The molecule has 0 saturated carbocycles. The molecule has 1 amide bonds. The molecule has 0 bridgehead atoms. The van der Waals surface area contributed by atoms with Crippen molar-refractivity contribution < 1.29 is 23.5 Å². The van der Waals surface area contributed by atoms with Crippen LogP contribution in [0.15, 0.2) is 20.9 Å². The van der Waals surface area contributed by atoms with Crippen molar-refractivity contribution in [1.82, 2.24) is 15.1 Å². The molecule has 3 rings (SSSR count). The van der Waals surface area contributed by atoms with Crippen molar-refractivity contribution in [2.45, 2.75) is 43.9 Å². The van der Waals surface area contributed by atoms with E-state index in [0.717, 1.165) is 0 Å². The molecular formula is C15H17N3O5S2. The maximum absolute atomic E-state index is 12.6. The monoisotopic (exact) mass is 383 g/mol. The fraction of sp³-hybridized carbons (Fsp3) is 0.533. The lowest BCUT2D eigenvalue weighted by Crippen LogP contribution is -2.62. The summed E-state index contributed by atoms with van der Waals surface area (Å²) in [5, 5.41) is 7.41. The molecule has 134 valence electrons. The van der Waals surface area contributed by atoms with E-state index in [1.54, 1.807) is 27.7 Å². The zero-order valence-corrected chi connectivity index (χ0v) is 15.8. The number of aryl methyl sites for hydroxylation is 1. The van der Waals surface area contributed by atoms with E-state index in [2.05, 4.69) is 10.2 Å². The van der Waals surface area contributed by atoms with Crippen molar-refractivity contribution in [3.05, 3.63) is 17.2 Å². The number of Topliss-reactive ketones (excluding diaryl/α,β-unsaturated/α-hetero) is 1. The highest BCUT2D eigenvalue weighted by Gasteiger charge is 2.53. The maximum Gasteiger partial charge on any atom is 0.355 e. The second-order valence-corrected chi connectivity index (χ2v) is 8.53. The summed E-state index contributed by atoms with van der Waals surface area (Å²) in [6.07, 6.45) is 0. The first-order valence-electron chi connectivity index (χ1n) is 7.54. The molecule has 2 aliphatic heterocycles. The zero-order chi connectivity index (χ0) is 18.4. The van der Waals surface area contributed by atoms with Crippen LogP contribution < -0.4 is 0 Å². The number of ketones is 1. The molecule has 8 nitrogen and oxygen atoms in total. The number of ether oxygens (including phenoxy) is 1. The molecule has 3 heterocycles. The van der Waals surface area contributed by atoms with Crippen molar-refractivity contribution in [1.29, 1.82) is 0 Å². The molecule has 1 fully saturated rings. The van der Waals surface area contributed by atoms with Gasteiger partial charge in [0, 0.05) is 18.4 Å². The normalized spacial score (nSPS) is 20.5. The number of hydrogen-bond acceptors (Lipinski definition) is 9. The average Bonchev–Trinajstić information content (AvgIpc) is 2.95. The Bertz CT molecular complexity index is 780. The second-order valence-electron chi connectivity index (χ2n) is 6.53. The summed E-state index contributed by atoms with van der Waals surface area (Å²) in [5.74, 6) is -0.469. The largest absolute Gasteiger partial charge is 0.455 e. The molecule has 0 N–H and O–H groups in total. The number of aromatic nitrogens is 2. The molecule has 10 heteroatoms. The third-order valence-corrected chi connectivity index (χ3v) is 5.51. The van der Waals surface area contributed by atoms with Gasteiger partial charge in [-0.15, -0.1) is 22.0 Å². The first-order chi connectivity index (χ1) is 11.7. The first-order valence-corrected chi connectivity index (χ1v) is 9.58. The molecule has 0 aliphatic carbocycles. The van der Waals surface area contributed by atoms with E-state index in [-0.39, 0.29) is 5.70 Å². The Morgan fingerprint density at radius 3 is 2.72 bits per heavy atom. The van der Waals surface area contributed by atoms with Crippen LogP contribution in [-0.2, 0) is 19.1 Å². The van der Waals surface area contributed by atoms with Crippen LogP contribution in [0.25, 0.3) is 0 Å². The van der Waals surface area contributed by atoms with Gasteiger partial charge in [0.25, 0.3) is 16.9 Å².